The third-order valence-corrected chi connectivity index (χ3v) is 2.58. The Morgan fingerprint density at radius 1 is 1.36 bits per heavy atom. The quantitative estimate of drug-likeness (QED) is 0.798. The van der Waals surface area contributed by atoms with Crippen molar-refractivity contribution in [1.82, 2.24) is 9.97 Å². The van der Waals surface area contributed by atoms with Crippen molar-refractivity contribution >= 4 is 37.8 Å². The van der Waals surface area contributed by atoms with Crippen molar-refractivity contribution < 1.29 is 0 Å². The van der Waals surface area contributed by atoms with Crippen molar-refractivity contribution in [1.29, 1.82) is 0 Å². The summed E-state index contributed by atoms with van der Waals surface area (Å²) in [7, 11) is 0. The lowest BCUT2D eigenvalue weighted by Gasteiger charge is -2.25. The summed E-state index contributed by atoms with van der Waals surface area (Å²) in [6.45, 7) is 5.18. The van der Waals surface area contributed by atoms with Gasteiger partial charge < -0.3 is 4.90 Å². The van der Waals surface area contributed by atoms with Crippen LogP contribution in [0.5, 0.6) is 0 Å². The van der Waals surface area contributed by atoms with Gasteiger partial charge in [-0.25, -0.2) is 9.97 Å². The summed E-state index contributed by atoms with van der Waals surface area (Å²) in [5, 5.41) is 0.921. The smallest absolute Gasteiger partial charge is 0.225 e. The van der Waals surface area contributed by atoms with Gasteiger partial charge in [-0.2, -0.15) is 0 Å². The zero-order chi connectivity index (χ0) is 10.6. The first-order chi connectivity index (χ1) is 6.65. The van der Waals surface area contributed by atoms with Crippen molar-refractivity contribution in [3.05, 3.63) is 16.9 Å². The lowest BCUT2D eigenvalue weighted by atomic mass is 10.3. The summed E-state index contributed by atoms with van der Waals surface area (Å²) in [6.07, 6.45) is 3.54. The minimum Gasteiger partial charge on any atom is -0.338 e. The van der Waals surface area contributed by atoms with E-state index < -0.39 is 0 Å². The van der Waals surface area contributed by atoms with Gasteiger partial charge in [0.25, 0.3) is 0 Å². The summed E-state index contributed by atoms with van der Waals surface area (Å²) in [4.78, 5) is 10.7. The summed E-state index contributed by atoms with van der Waals surface area (Å²) in [6, 6.07) is 0.411. The third kappa shape index (κ3) is 3.20. The SMILES string of the molecule is CC(C)N(CCBr)c1ncc(Br)cn1. The molecule has 0 bridgehead atoms. The molecule has 0 aromatic carbocycles. The average molecular weight is 323 g/mol. The maximum Gasteiger partial charge on any atom is 0.225 e. The molecule has 0 unspecified atom stereocenters. The Bertz CT molecular complexity index is 274. The van der Waals surface area contributed by atoms with Gasteiger partial charge in [-0.3, -0.25) is 0 Å². The molecule has 0 aliphatic rings. The standard InChI is InChI=1S/C9H13Br2N3/c1-7(2)14(4-3-10)9-12-5-8(11)6-13-9/h5-7H,3-4H2,1-2H3. The molecule has 3 nitrogen and oxygen atoms in total. The van der Waals surface area contributed by atoms with Crippen molar-refractivity contribution in [3.8, 4) is 0 Å². The number of nitrogens with zero attached hydrogens (tertiary/aromatic N) is 3. The molecule has 1 aromatic rings. The fraction of sp³-hybridized carbons (Fsp3) is 0.556. The average Bonchev–Trinajstić information content (AvgIpc) is 2.15. The second-order valence-corrected chi connectivity index (χ2v) is 4.89. The van der Waals surface area contributed by atoms with Crippen LogP contribution in [0.2, 0.25) is 0 Å². The van der Waals surface area contributed by atoms with E-state index in [0.29, 0.717) is 6.04 Å². The third-order valence-electron chi connectivity index (χ3n) is 1.81. The van der Waals surface area contributed by atoms with Crippen LogP contribution in [0.1, 0.15) is 13.8 Å². The predicted octanol–water partition coefficient (Wildman–Crippen LogP) is 2.85. The van der Waals surface area contributed by atoms with Crippen LogP contribution < -0.4 is 4.90 Å². The lowest BCUT2D eigenvalue weighted by molar-refractivity contribution is 0.684. The van der Waals surface area contributed by atoms with E-state index in [4.69, 9.17) is 0 Å². The summed E-state index contributed by atoms with van der Waals surface area (Å²) in [5.74, 6) is 0.780. The molecule has 0 amide bonds. The van der Waals surface area contributed by atoms with Crippen molar-refractivity contribution in [2.24, 2.45) is 0 Å². The second-order valence-electron chi connectivity index (χ2n) is 3.18. The van der Waals surface area contributed by atoms with Gasteiger partial charge in [0.05, 0.1) is 4.47 Å². The van der Waals surface area contributed by atoms with E-state index in [1.165, 1.54) is 0 Å². The van der Waals surface area contributed by atoms with E-state index >= 15 is 0 Å². The van der Waals surface area contributed by atoms with E-state index in [0.717, 1.165) is 22.3 Å². The van der Waals surface area contributed by atoms with Gasteiger partial charge in [-0.05, 0) is 29.8 Å². The van der Waals surface area contributed by atoms with E-state index in [1.807, 2.05) is 0 Å². The Morgan fingerprint density at radius 2 is 1.93 bits per heavy atom. The van der Waals surface area contributed by atoms with Crippen LogP contribution in [0.4, 0.5) is 5.95 Å². The Labute approximate surface area is 101 Å². The number of rotatable bonds is 4. The van der Waals surface area contributed by atoms with Gasteiger partial charge in [0.15, 0.2) is 0 Å². The predicted molar refractivity (Wildman–Crippen MR) is 66.0 cm³/mol. The van der Waals surface area contributed by atoms with Gasteiger partial charge in [0.2, 0.25) is 5.95 Å². The first kappa shape index (κ1) is 11.9. The highest BCUT2D eigenvalue weighted by atomic mass is 79.9. The number of hydrogen-bond acceptors (Lipinski definition) is 3. The molecule has 0 fully saturated rings. The normalized spacial score (nSPS) is 10.6. The maximum atomic E-state index is 4.27. The molecule has 0 aliphatic carbocycles. The molecule has 0 saturated heterocycles. The molecule has 0 N–H and O–H groups in total. The molecular formula is C9H13Br2N3. The van der Waals surface area contributed by atoms with E-state index in [-0.39, 0.29) is 0 Å². The number of aromatic nitrogens is 2. The van der Waals surface area contributed by atoms with E-state index in [2.05, 4.69) is 60.6 Å². The molecule has 1 aromatic heterocycles. The summed E-state index contributed by atoms with van der Waals surface area (Å²) >= 11 is 6.74. The molecule has 5 heteroatoms. The van der Waals surface area contributed by atoms with Crippen LogP contribution in [-0.4, -0.2) is 27.9 Å². The van der Waals surface area contributed by atoms with Crippen LogP contribution in [0.25, 0.3) is 0 Å². The highest BCUT2D eigenvalue weighted by Gasteiger charge is 2.11. The number of hydrogen-bond donors (Lipinski definition) is 0. The summed E-state index contributed by atoms with van der Waals surface area (Å²) < 4.78 is 0.906. The monoisotopic (exact) mass is 321 g/mol. The maximum absolute atomic E-state index is 4.27. The molecule has 78 valence electrons. The number of alkyl halides is 1. The van der Waals surface area contributed by atoms with Gasteiger partial charge in [-0.15, -0.1) is 0 Å². The van der Waals surface area contributed by atoms with Crippen molar-refractivity contribution in [2.75, 3.05) is 16.8 Å². The molecule has 1 heterocycles. The van der Waals surface area contributed by atoms with Gasteiger partial charge in [-0.1, -0.05) is 15.9 Å². The lowest BCUT2D eigenvalue weighted by Crippen LogP contribution is -2.33. The molecular weight excluding hydrogens is 310 g/mol. The zero-order valence-corrected chi connectivity index (χ0v) is 11.4. The van der Waals surface area contributed by atoms with Crippen LogP contribution in [-0.2, 0) is 0 Å². The molecule has 0 spiro atoms. The molecule has 0 radical (unpaired) electrons. The minimum absolute atomic E-state index is 0.411. The van der Waals surface area contributed by atoms with Gasteiger partial charge in [0, 0.05) is 30.3 Å². The zero-order valence-electron chi connectivity index (χ0n) is 8.24. The van der Waals surface area contributed by atoms with Crippen molar-refractivity contribution in [3.63, 3.8) is 0 Å². The molecule has 14 heavy (non-hydrogen) atoms. The van der Waals surface area contributed by atoms with E-state index in [1.54, 1.807) is 12.4 Å². The number of anilines is 1. The first-order valence-electron chi connectivity index (χ1n) is 4.45. The second kappa shape index (κ2) is 5.66. The Morgan fingerprint density at radius 3 is 2.36 bits per heavy atom. The Balaban J connectivity index is 2.82. The largest absolute Gasteiger partial charge is 0.338 e. The highest BCUT2D eigenvalue weighted by molar-refractivity contribution is 9.10. The Kier molecular flexibility index (Phi) is 4.81. The minimum atomic E-state index is 0.411. The van der Waals surface area contributed by atoms with Gasteiger partial charge >= 0.3 is 0 Å². The number of halogens is 2. The van der Waals surface area contributed by atoms with Crippen LogP contribution in [0.3, 0.4) is 0 Å². The topological polar surface area (TPSA) is 29.0 Å². The van der Waals surface area contributed by atoms with Crippen molar-refractivity contribution in [2.45, 2.75) is 19.9 Å². The van der Waals surface area contributed by atoms with Crippen LogP contribution in [0.15, 0.2) is 16.9 Å². The molecule has 1 rings (SSSR count). The van der Waals surface area contributed by atoms with Crippen LogP contribution in [0, 0.1) is 0 Å². The molecule has 0 aliphatic heterocycles. The first-order valence-corrected chi connectivity index (χ1v) is 6.36. The molecule has 0 atom stereocenters. The fourth-order valence-electron chi connectivity index (χ4n) is 1.13. The molecule has 0 saturated carbocycles. The van der Waals surface area contributed by atoms with Crippen LogP contribution >= 0.6 is 31.9 Å². The fourth-order valence-corrected chi connectivity index (χ4v) is 1.72. The highest BCUT2D eigenvalue weighted by Crippen LogP contribution is 2.13. The van der Waals surface area contributed by atoms with E-state index in [9.17, 15) is 0 Å². The Hall–Kier alpha value is -0.160. The van der Waals surface area contributed by atoms with Gasteiger partial charge in [0.1, 0.15) is 0 Å². The summed E-state index contributed by atoms with van der Waals surface area (Å²) in [5.41, 5.74) is 0.